The van der Waals surface area contributed by atoms with Crippen LogP contribution < -0.4 is 10.6 Å². The number of carbonyl (C=O) groups is 1. The minimum atomic E-state index is -3.19. The van der Waals surface area contributed by atoms with Crippen molar-refractivity contribution >= 4 is 34.1 Å². The number of hydrogen-bond acceptors (Lipinski definition) is 4. The van der Waals surface area contributed by atoms with Gasteiger partial charge in [0.2, 0.25) is 11.9 Å². The average Bonchev–Trinajstić information content (AvgIpc) is 2.55. The molecule has 0 atom stereocenters. The summed E-state index contributed by atoms with van der Waals surface area (Å²) in [6.07, 6.45) is 0.813. The molecule has 1 aromatic heterocycles. The summed E-state index contributed by atoms with van der Waals surface area (Å²) in [6.45, 7) is 0. The molecule has 1 aliphatic heterocycles. The normalized spacial score (nSPS) is 15.7. The Morgan fingerprint density at radius 3 is 2.88 bits per heavy atom. The van der Waals surface area contributed by atoms with Gasteiger partial charge in [-0.15, -0.1) is 0 Å². The number of nitrogens with one attached hydrogen (secondary N) is 2. The minimum absolute atomic E-state index is 0.126. The molecule has 0 fully saturated rings. The highest BCUT2D eigenvalue weighted by molar-refractivity contribution is 5.95. The third-order valence-electron chi connectivity index (χ3n) is 3.82. The predicted molar refractivity (Wildman–Crippen MR) is 86.4 cm³/mol. The van der Waals surface area contributed by atoms with Crippen LogP contribution in [0.3, 0.4) is 0 Å². The van der Waals surface area contributed by atoms with Crippen LogP contribution >= 0.6 is 0 Å². The molecule has 0 radical (unpaired) electrons. The van der Waals surface area contributed by atoms with Crippen LogP contribution in [-0.2, 0) is 10.7 Å². The first-order valence-corrected chi connectivity index (χ1v) is 7.32. The van der Waals surface area contributed by atoms with E-state index < -0.39 is 18.3 Å². The monoisotopic (exact) mass is 326 g/mol. The molecular formula is C17H12F2N4O. The third kappa shape index (κ3) is 2.54. The van der Waals surface area contributed by atoms with E-state index in [1.54, 1.807) is 12.3 Å². The molecule has 0 bridgehead atoms. The standard InChI is InChI=1S/C17H12F2N4O/c18-17(19)8-15(24)22-14-6-5-11(7-12(14)17)21-16-20-9-10-3-1-2-4-13(10)23-16/h1-7,9H,8H2,(H,22,24)(H,20,21,23). The van der Waals surface area contributed by atoms with Crippen molar-refractivity contribution in [1.82, 2.24) is 9.97 Å². The lowest BCUT2D eigenvalue weighted by molar-refractivity contribution is -0.125. The first kappa shape index (κ1) is 14.5. The molecule has 7 heteroatoms. The van der Waals surface area contributed by atoms with Crippen molar-refractivity contribution < 1.29 is 13.6 Å². The molecule has 1 aliphatic rings. The summed E-state index contributed by atoms with van der Waals surface area (Å²) in [5.41, 5.74) is 1.10. The van der Waals surface area contributed by atoms with Crippen LogP contribution in [0.2, 0.25) is 0 Å². The number of benzene rings is 2. The highest BCUT2D eigenvalue weighted by Gasteiger charge is 2.40. The summed E-state index contributed by atoms with van der Waals surface area (Å²) in [5, 5.41) is 6.27. The first-order valence-electron chi connectivity index (χ1n) is 7.32. The molecule has 1 amide bonds. The number of para-hydroxylation sites is 1. The van der Waals surface area contributed by atoms with Gasteiger partial charge in [0.1, 0.15) is 0 Å². The summed E-state index contributed by atoms with van der Waals surface area (Å²) in [7, 11) is 0. The fourth-order valence-electron chi connectivity index (χ4n) is 2.69. The zero-order valence-corrected chi connectivity index (χ0v) is 12.4. The summed E-state index contributed by atoms with van der Waals surface area (Å²) < 4.78 is 28.1. The van der Waals surface area contributed by atoms with Crippen LogP contribution in [-0.4, -0.2) is 15.9 Å². The number of anilines is 3. The lowest BCUT2D eigenvalue weighted by Gasteiger charge is -2.25. The number of rotatable bonds is 2. The second-order valence-corrected chi connectivity index (χ2v) is 5.57. The van der Waals surface area contributed by atoms with E-state index in [-0.39, 0.29) is 11.3 Å². The SMILES string of the molecule is O=C1CC(F)(F)c2cc(Nc3ncc4ccccc4n3)ccc2N1. The Morgan fingerprint density at radius 2 is 2.00 bits per heavy atom. The molecule has 5 nitrogen and oxygen atoms in total. The first-order chi connectivity index (χ1) is 11.5. The van der Waals surface area contributed by atoms with Gasteiger partial charge in [-0.25, -0.2) is 18.7 Å². The van der Waals surface area contributed by atoms with Gasteiger partial charge in [0.05, 0.1) is 17.6 Å². The van der Waals surface area contributed by atoms with Gasteiger partial charge in [-0.2, -0.15) is 0 Å². The molecule has 0 saturated carbocycles. The van der Waals surface area contributed by atoms with Gasteiger partial charge in [0, 0.05) is 22.8 Å². The van der Waals surface area contributed by atoms with Gasteiger partial charge in [0.15, 0.2) is 0 Å². The Morgan fingerprint density at radius 1 is 1.17 bits per heavy atom. The highest BCUT2D eigenvalue weighted by Crippen LogP contribution is 2.41. The van der Waals surface area contributed by atoms with Gasteiger partial charge >= 0.3 is 0 Å². The molecule has 0 aliphatic carbocycles. The van der Waals surface area contributed by atoms with Crippen molar-refractivity contribution in [2.24, 2.45) is 0 Å². The quantitative estimate of drug-likeness (QED) is 0.751. The smallest absolute Gasteiger partial charge is 0.284 e. The molecule has 0 saturated heterocycles. The molecule has 120 valence electrons. The lowest BCUT2D eigenvalue weighted by Crippen LogP contribution is -2.30. The van der Waals surface area contributed by atoms with Gasteiger partial charge in [-0.1, -0.05) is 18.2 Å². The van der Waals surface area contributed by atoms with E-state index in [0.29, 0.717) is 11.6 Å². The second-order valence-electron chi connectivity index (χ2n) is 5.57. The molecular weight excluding hydrogens is 314 g/mol. The van der Waals surface area contributed by atoms with E-state index in [4.69, 9.17) is 0 Å². The number of amides is 1. The third-order valence-corrected chi connectivity index (χ3v) is 3.82. The summed E-state index contributed by atoms with van der Waals surface area (Å²) in [5.74, 6) is -3.57. The van der Waals surface area contributed by atoms with Crippen molar-refractivity contribution in [3.63, 3.8) is 0 Å². The minimum Gasteiger partial charge on any atom is -0.325 e. The van der Waals surface area contributed by atoms with E-state index in [9.17, 15) is 13.6 Å². The summed E-state index contributed by atoms with van der Waals surface area (Å²) in [4.78, 5) is 19.8. The Balaban J connectivity index is 1.68. The number of fused-ring (bicyclic) bond motifs is 2. The highest BCUT2D eigenvalue weighted by atomic mass is 19.3. The molecule has 2 heterocycles. The van der Waals surface area contributed by atoms with Crippen molar-refractivity contribution in [3.05, 3.63) is 54.2 Å². The number of hydrogen-bond donors (Lipinski definition) is 2. The van der Waals surface area contributed by atoms with Gasteiger partial charge < -0.3 is 10.6 Å². The molecule has 4 rings (SSSR count). The fraction of sp³-hybridized carbons (Fsp3) is 0.118. The Hall–Kier alpha value is -3.09. The van der Waals surface area contributed by atoms with Crippen molar-refractivity contribution in [2.75, 3.05) is 10.6 Å². The molecule has 2 N–H and O–H groups in total. The van der Waals surface area contributed by atoms with Crippen LogP contribution in [0.1, 0.15) is 12.0 Å². The van der Waals surface area contributed by atoms with E-state index in [2.05, 4.69) is 20.6 Å². The topological polar surface area (TPSA) is 66.9 Å². The molecule has 0 unspecified atom stereocenters. The van der Waals surface area contributed by atoms with Gasteiger partial charge in [-0.05, 0) is 24.3 Å². The maximum absolute atomic E-state index is 14.1. The lowest BCUT2D eigenvalue weighted by atomic mass is 9.98. The number of carbonyl (C=O) groups excluding carboxylic acids is 1. The van der Waals surface area contributed by atoms with Gasteiger partial charge in [0.25, 0.3) is 5.92 Å². The Labute approximate surface area is 135 Å². The molecule has 24 heavy (non-hydrogen) atoms. The van der Waals surface area contributed by atoms with E-state index >= 15 is 0 Å². The van der Waals surface area contributed by atoms with Crippen LogP contribution in [0.4, 0.5) is 26.1 Å². The second kappa shape index (κ2) is 5.23. The van der Waals surface area contributed by atoms with E-state index in [1.807, 2.05) is 24.3 Å². The number of alkyl halides is 2. The average molecular weight is 326 g/mol. The Kier molecular flexibility index (Phi) is 3.16. The number of halogens is 2. The Bertz CT molecular complexity index is 958. The summed E-state index contributed by atoms with van der Waals surface area (Å²) in [6, 6.07) is 11.8. The molecule has 0 spiro atoms. The van der Waals surface area contributed by atoms with Crippen LogP contribution in [0, 0.1) is 0 Å². The number of aromatic nitrogens is 2. The van der Waals surface area contributed by atoms with Crippen LogP contribution in [0.5, 0.6) is 0 Å². The zero-order valence-electron chi connectivity index (χ0n) is 12.4. The van der Waals surface area contributed by atoms with Crippen molar-refractivity contribution in [1.29, 1.82) is 0 Å². The molecule has 2 aromatic carbocycles. The fourth-order valence-corrected chi connectivity index (χ4v) is 2.69. The largest absolute Gasteiger partial charge is 0.325 e. The van der Waals surface area contributed by atoms with E-state index in [0.717, 1.165) is 10.9 Å². The van der Waals surface area contributed by atoms with Gasteiger partial charge in [-0.3, -0.25) is 4.79 Å². The zero-order chi connectivity index (χ0) is 16.7. The summed E-state index contributed by atoms with van der Waals surface area (Å²) >= 11 is 0. The maximum Gasteiger partial charge on any atom is 0.284 e. The number of nitrogens with zero attached hydrogens (tertiary/aromatic N) is 2. The van der Waals surface area contributed by atoms with Crippen molar-refractivity contribution in [2.45, 2.75) is 12.3 Å². The maximum atomic E-state index is 14.1. The van der Waals surface area contributed by atoms with Crippen LogP contribution in [0.15, 0.2) is 48.7 Å². The van der Waals surface area contributed by atoms with Crippen molar-refractivity contribution in [3.8, 4) is 0 Å². The molecule has 3 aromatic rings. The van der Waals surface area contributed by atoms with Crippen LogP contribution in [0.25, 0.3) is 10.9 Å². The predicted octanol–water partition coefficient (Wildman–Crippen LogP) is 3.81. The van der Waals surface area contributed by atoms with E-state index in [1.165, 1.54) is 12.1 Å².